The second-order valence-corrected chi connectivity index (χ2v) is 4.02. The van der Waals surface area contributed by atoms with Gasteiger partial charge in [-0.1, -0.05) is 42.5 Å². The molecule has 0 atom stereocenters. The average molecular weight is 242 g/mol. The van der Waals surface area contributed by atoms with Crippen LogP contribution in [0.25, 0.3) is 0 Å². The molecule has 0 saturated heterocycles. The molecular formula is C15H14O3. The molecule has 0 aliphatic heterocycles. The fraction of sp³-hybridized carbons (Fsp3) is 0.200. The van der Waals surface area contributed by atoms with Crippen molar-refractivity contribution in [2.24, 2.45) is 0 Å². The molecule has 0 bridgehead atoms. The maximum absolute atomic E-state index is 12.3. The smallest absolute Gasteiger partial charge is 0.334 e. The van der Waals surface area contributed by atoms with Gasteiger partial charge in [0.05, 0.1) is 7.11 Å². The Bertz CT molecular complexity index is 524. The molecule has 0 aromatic heterocycles. The highest BCUT2D eigenvalue weighted by Crippen LogP contribution is 2.24. The third-order valence-electron chi connectivity index (χ3n) is 2.92. The molecule has 0 fully saturated rings. The Labute approximate surface area is 106 Å². The monoisotopic (exact) mass is 242 g/mol. The summed E-state index contributed by atoms with van der Waals surface area (Å²) in [4.78, 5) is 24.0. The maximum atomic E-state index is 12.3. The number of hydrogen-bond donors (Lipinski definition) is 0. The first-order chi connectivity index (χ1) is 8.74. The third-order valence-corrected chi connectivity index (χ3v) is 2.92. The van der Waals surface area contributed by atoms with Gasteiger partial charge >= 0.3 is 5.97 Å². The van der Waals surface area contributed by atoms with Gasteiger partial charge in [0, 0.05) is 16.7 Å². The van der Waals surface area contributed by atoms with Gasteiger partial charge < -0.3 is 4.74 Å². The van der Waals surface area contributed by atoms with E-state index in [1.807, 2.05) is 30.4 Å². The Kier molecular flexibility index (Phi) is 3.72. The van der Waals surface area contributed by atoms with E-state index in [1.54, 1.807) is 12.1 Å². The van der Waals surface area contributed by atoms with Crippen molar-refractivity contribution < 1.29 is 14.3 Å². The minimum Gasteiger partial charge on any atom is -0.466 e. The number of esters is 1. The zero-order valence-electron chi connectivity index (χ0n) is 10.2. The van der Waals surface area contributed by atoms with Gasteiger partial charge in [0.2, 0.25) is 0 Å². The summed E-state index contributed by atoms with van der Waals surface area (Å²) in [5.74, 6) is -0.515. The maximum Gasteiger partial charge on any atom is 0.334 e. The average Bonchev–Trinajstić information content (AvgIpc) is 2.46. The number of benzene rings is 1. The van der Waals surface area contributed by atoms with Crippen molar-refractivity contribution in [1.82, 2.24) is 0 Å². The summed E-state index contributed by atoms with van der Waals surface area (Å²) in [6.07, 6.45) is 4.73. The number of hydrogen-bond acceptors (Lipinski definition) is 3. The minimum absolute atomic E-state index is 0.0969. The second-order valence-electron chi connectivity index (χ2n) is 4.02. The van der Waals surface area contributed by atoms with Gasteiger partial charge in [-0.15, -0.1) is 0 Å². The van der Waals surface area contributed by atoms with Crippen molar-refractivity contribution in [3.8, 4) is 0 Å². The first-order valence-electron chi connectivity index (χ1n) is 5.79. The third kappa shape index (κ3) is 2.40. The summed E-state index contributed by atoms with van der Waals surface area (Å²) in [5.41, 5.74) is 1.61. The lowest BCUT2D eigenvalue weighted by atomic mass is 9.91. The first kappa shape index (κ1) is 12.3. The van der Waals surface area contributed by atoms with Crippen molar-refractivity contribution in [3.63, 3.8) is 0 Å². The van der Waals surface area contributed by atoms with Crippen molar-refractivity contribution in [2.75, 3.05) is 7.11 Å². The molecule has 3 heteroatoms. The van der Waals surface area contributed by atoms with Crippen LogP contribution in [0.2, 0.25) is 0 Å². The quantitative estimate of drug-likeness (QED) is 0.465. The zero-order chi connectivity index (χ0) is 13.0. The Morgan fingerprint density at radius 2 is 1.61 bits per heavy atom. The van der Waals surface area contributed by atoms with Gasteiger partial charge in [-0.25, -0.2) is 4.79 Å². The summed E-state index contributed by atoms with van der Waals surface area (Å²) in [6, 6.07) is 8.98. The van der Waals surface area contributed by atoms with Crippen molar-refractivity contribution in [3.05, 3.63) is 59.2 Å². The molecule has 3 nitrogen and oxygen atoms in total. The van der Waals surface area contributed by atoms with E-state index in [-0.39, 0.29) is 5.78 Å². The molecule has 1 aromatic carbocycles. The van der Waals surface area contributed by atoms with Crippen LogP contribution in [-0.2, 0) is 9.53 Å². The molecule has 18 heavy (non-hydrogen) atoms. The van der Waals surface area contributed by atoms with E-state index in [1.165, 1.54) is 7.11 Å². The molecule has 1 aliphatic carbocycles. The van der Waals surface area contributed by atoms with Gasteiger partial charge in [-0.05, 0) is 12.8 Å². The SMILES string of the molecule is COC(=O)C1=C(C(=O)c2ccccc2)CC=CC1. The largest absolute Gasteiger partial charge is 0.466 e. The van der Waals surface area contributed by atoms with E-state index in [9.17, 15) is 9.59 Å². The predicted molar refractivity (Wildman–Crippen MR) is 68.2 cm³/mol. The van der Waals surface area contributed by atoms with Crippen LogP contribution >= 0.6 is 0 Å². The molecule has 0 spiro atoms. The minimum atomic E-state index is -0.418. The Morgan fingerprint density at radius 3 is 2.22 bits per heavy atom. The van der Waals surface area contributed by atoms with Crippen LogP contribution in [0.3, 0.4) is 0 Å². The summed E-state index contributed by atoms with van der Waals surface area (Å²) in [6.45, 7) is 0. The van der Waals surface area contributed by atoms with Gasteiger partial charge in [0.1, 0.15) is 0 Å². The number of carbonyl (C=O) groups excluding carboxylic acids is 2. The highest BCUT2D eigenvalue weighted by atomic mass is 16.5. The van der Waals surface area contributed by atoms with Gasteiger partial charge in [-0.3, -0.25) is 4.79 Å². The fourth-order valence-electron chi connectivity index (χ4n) is 1.97. The molecule has 0 heterocycles. The highest BCUT2D eigenvalue weighted by molar-refractivity contribution is 6.13. The number of Topliss-reactive ketones (excluding diaryl/α,β-unsaturated/α-hetero) is 1. The van der Waals surface area contributed by atoms with E-state index in [0.717, 1.165) is 0 Å². The van der Waals surface area contributed by atoms with Gasteiger partial charge in [0.15, 0.2) is 5.78 Å². The van der Waals surface area contributed by atoms with Crippen molar-refractivity contribution in [1.29, 1.82) is 0 Å². The van der Waals surface area contributed by atoms with E-state index < -0.39 is 5.97 Å². The second kappa shape index (κ2) is 5.45. The van der Waals surface area contributed by atoms with E-state index in [0.29, 0.717) is 29.6 Å². The lowest BCUT2D eigenvalue weighted by molar-refractivity contribution is -0.136. The molecular weight excluding hydrogens is 228 g/mol. The molecule has 0 unspecified atom stereocenters. The number of methoxy groups -OCH3 is 1. The van der Waals surface area contributed by atoms with E-state index >= 15 is 0 Å². The fourth-order valence-corrected chi connectivity index (χ4v) is 1.97. The Morgan fingerprint density at radius 1 is 1.00 bits per heavy atom. The molecule has 0 saturated carbocycles. The van der Waals surface area contributed by atoms with E-state index in [2.05, 4.69) is 0 Å². The van der Waals surface area contributed by atoms with Crippen LogP contribution in [-0.4, -0.2) is 18.9 Å². The normalized spacial score (nSPS) is 14.5. The summed E-state index contributed by atoms with van der Waals surface area (Å²) < 4.78 is 4.72. The topological polar surface area (TPSA) is 43.4 Å². The lowest BCUT2D eigenvalue weighted by Gasteiger charge is -2.14. The molecule has 1 aliphatic rings. The number of allylic oxidation sites excluding steroid dienone is 3. The Balaban J connectivity index is 2.37. The standard InChI is InChI=1S/C15H14O3/c1-18-15(17)13-10-6-5-9-12(13)14(16)11-7-3-2-4-8-11/h2-8H,9-10H2,1H3. The van der Waals surface area contributed by atoms with Crippen molar-refractivity contribution in [2.45, 2.75) is 12.8 Å². The first-order valence-corrected chi connectivity index (χ1v) is 5.79. The molecule has 92 valence electrons. The van der Waals surface area contributed by atoms with Crippen LogP contribution in [0.1, 0.15) is 23.2 Å². The van der Waals surface area contributed by atoms with Gasteiger partial charge in [0.25, 0.3) is 0 Å². The number of carbonyl (C=O) groups is 2. The number of ether oxygens (including phenoxy) is 1. The zero-order valence-corrected chi connectivity index (χ0v) is 10.2. The molecule has 0 amide bonds. The van der Waals surface area contributed by atoms with E-state index in [4.69, 9.17) is 4.74 Å². The van der Waals surface area contributed by atoms with Crippen LogP contribution in [0.15, 0.2) is 53.6 Å². The van der Waals surface area contributed by atoms with Crippen LogP contribution in [0, 0.1) is 0 Å². The number of ketones is 1. The molecule has 1 aromatic rings. The van der Waals surface area contributed by atoms with Gasteiger partial charge in [-0.2, -0.15) is 0 Å². The molecule has 0 N–H and O–H groups in total. The number of rotatable bonds is 3. The Hall–Kier alpha value is -2.16. The summed E-state index contributed by atoms with van der Waals surface area (Å²) in [5, 5.41) is 0. The molecule has 2 rings (SSSR count). The summed E-state index contributed by atoms with van der Waals surface area (Å²) >= 11 is 0. The summed E-state index contributed by atoms with van der Waals surface area (Å²) in [7, 11) is 1.33. The van der Waals surface area contributed by atoms with Crippen LogP contribution in [0.4, 0.5) is 0 Å². The highest BCUT2D eigenvalue weighted by Gasteiger charge is 2.22. The van der Waals surface area contributed by atoms with Crippen molar-refractivity contribution >= 4 is 11.8 Å². The van der Waals surface area contributed by atoms with Crippen LogP contribution in [0.5, 0.6) is 0 Å². The predicted octanol–water partition coefficient (Wildman–Crippen LogP) is 2.69. The lowest BCUT2D eigenvalue weighted by Crippen LogP contribution is -2.15. The molecule has 0 radical (unpaired) electrons. The van der Waals surface area contributed by atoms with Crippen LogP contribution < -0.4 is 0 Å².